The first-order valence-corrected chi connectivity index (χ1v) is 7.39. The largest absolute Gasteiger partial charge is 0.493 e. The van der Waals surface area contributed by atoms with Gasteiger partial charge in [-0.1, -0.05) is 13.3 Å². The van der Waals surface area contributed by atoms with Crippen LogP contribution in [0.1, 0.15) is 25.3 Å². The van der Waals surface area contributed by atoms with Crippen molar-refractivity contribution in [3.05, 3.63) is 23.8 Å². The van der Waals surface area contributed by atoms with Crippen LogP contribution in [0.4, 0.5) is 30.7 Å². The Balaban J connectivity index is 2.85. The van der Waals surface area contributed by atoms with Gasteiger partial charge in [0.2, 0.25) is 0 Å². The van der Waals surface area contributed by atoms with E-state index in [1.165, 1.54) is 25.3 Å². The van der Waals surface area contributed by atoms with Crippen molar-refractivity contribution in [1.29, 1.82) is 0 Å². The molecule has 1 aromatic carbocycles. The summed E-state index contributed by atoms with van der Waals surface area (Å²) in [4.78, 5) is 0. The molecule has 0 saturated carbocycles. The number of benzene rings is 1. The van der Waals surface area contributed by atoms with Gasteiger partial charge in [-0.2, -0.15) is 35.8 Å². The first-order chi connectivity index (χ1) is 12.0. The average molecular weight is 390 g/mol. The first kappa shape index (κ1) is 21.8. The second-order valence-electron chi connectivity index (χ2n) is 5.13. The molecular formula is C15H17F7N2O2. The molecule has 0 atom stereocenters. The number of methoxy groups -OCH3 is 1. The molecule has 0 aliphatic heterocycles. The maximum absolute atomic E-state index is 13.0. The van der Waals surface area contributed by atoms with Gasteiger partial charge < -0.3 is 9.47 Å². The van der Waals surface area contributed by atoms with Crippen LogP contribution in [0, 0.1) is 0 Å². The van der Waals surface area contributed by atoms with Crippen LogP contribution in [0.25, 0.3) is 0 Å². The fourth-order valence-corrected chi connectivity index (χ4v) is 1.65. The van der Waals surface area contributed by atoms with Crippen LogP contribution < -0.4 is 14.9 Å². The summed E-state index contributed by atoms with van der Waals surface area (Å²) in [5.41, 5.74) is 0.657. The number of alkyl halides is 7. The van der Waals surface area contributed by atoms with Crippen molar-refractivity contribution in [2.75, 3.05) is 13.7 Å². The van der Waals surface area contributed by atoms with E-state index in [2.05, 4.69) is 5.10 Å². The number of hydrogen-bond acceptors (Lipinski definition) is 4. The molecule has 148 valence electrons. The highest BCUT2D eigenvalue weighted by Crippen LogP contribution is 2.45. The molecule has 4 nitrogen and oxygen atoms in total. The number of unbranched alkanes of at least 4 members (excludes halogenated alkanes) is 1. The highest BCUT2D eigenvalue weighted by Gasteiger charge is 2.73. The van der Waals surface area contributed by atoms with Gasteiger partial charge in [0.15, 0.2) is 11.5 Å². The van der Waals surface area contributed by atoms with Gasteiger partial charge in [-0.25, -0.2) is 5.43 Å². The number of hydrazone groups is 1. The Morgan fingerprint density at radius 1 is 1.08 bits per heavy atom. The van der Waals surface area contributed by atoms with E-state index in [0.29, 0.717) is 24.0 Å². The highest BCUT2D eigenvalue weighted by molar-refractivity contribution is 5.80. The van der Waals surface area contributed by atoms with Crippen LogP contribution in [-0.4, -0.2) is 38.1 Å². The standard InChI is InChI=1S/C15H17F7N2O2/c1-3-4-7-26-11-6-5-10(8-12(11)25-2)9-23-24-15(21,22)13(16,17)14(18,19)20/h5-6,8-9,24H,3-4,7H2,1-2H3/b23-9+. The predicted molar refractivity (Wildman–Crippen MR) is 80.1 cm³/mol. The van der Waals surface area contributed by atoms with Crippen LogP contribution in [0.3, 0.4) is 0 Å². The summed E-state index contributed by atoms with van der Waals surface area (Å²) in [6.07, 6.45) is -4.09. The van der Waals surface area contributed by atoms with E-state index in [4.69, 9.17) is 9.47 Å². The fraction of sp³-hybridized carbons (Fsp3) is 0.533. The molecule has 26 heavy (non-hydrogen) atoms. The van der Waals surface area contributed by atoms with E-state index in [0.717, 1.165) is 12.8 Å². The zero-order valence-electron chi connectivity index (χ0n) is 13.8. The van der Waals surface area contributed by atoms with Crippen LogP contribution in [0.15, 0.2) is 23.3 Å². The number of rotatable bonds is 9. The molecule has 0 radical (unpaired) electrons. The molecule has 0 amide bonds. The molecular weight excluding hydrogens is 373 g/mol. The van der Waals surface area contributed by atoms with Gasteiger partial charge in [-0.05, 0) is 30.2 Å². The Morgan fingerprint density at radius 2 is 1.73 bits per heavy atom. The maximum atomic E-state index is 13.0. The van der Waals surface area contributed by atoms with E-state index >= 15 is 0 Å². The molecule has 0 aliphatic rings. The molecule has 0 bridgehead atoms. The van der Waals surface area contributed by atoms with Crippen LogP contribution >= 0.6 is 0 Å². The normalized spacial score (nSPS) is 13.1. The zero-order chi connectivity index (χ0) is 20.0. The van der Waals surface area contributed by atoms with E-state index in [1.807, 2.05) is 6.92 Å². The quantitative estimate of drug-likeness (QED) is 0.221. The summed E-state index contributed by atoms with van der Waals surface area (Å²) in [5, 5.41) is 2.77. The molecule has 0 unspecified atom stereocenters. The van der Waals surface area contributed by atoms with Crippen LogP contribution in [0.2, 0.25) is 0 Å². The summed E-state index contributed by atoms with van der Waals surface area (Å²) in [6.45, 7) is 2.38. The van der Waals surface area contributed by atoms with Gasteiger partial charge in [-0.3, -0.25) is 0 Å². The first-order valence-electron chi connectivity index (χ1n) is 7.39. The van der Waals surface area contributed by atoms with E-state index in [-0.39, 0.29) is 11.3 Å². The second kappa shape index (κ2) is 8.45. The molecule has 1 aromatic rings. The minimum absolute atomic E-state index is 0.114. The van der Waals surface area contributed by atoms with E-state index in [9.17, 15) is 30.7 Å². The third-order valence-electron chi connectivity index (χ3n) is 3.11. The van der Waals surface area contributed by atoms with E-state index in [1.54, 1.807) is 0 Å². The van der Waals surface area contributed by atoms with E-state index < -0.39 is 18.1 Å². The minimum atomic E-state index is -6.43. The van der Waals surface area contributed by atoms with Crippen molar-refractivity contribution < 1.29 is 40.2 Å². The van der Waals surface area contributed by atoms with Crippen molar-refractivity contribution in [2.45, 2.75) is 37.9 Å². The molecule has 1 N–H and O–H groups in total. The van der Waals surface area contributed by atoms with Crippen molar-refractivity contribution in [1.82, 2.24) is 5.43 Å². The third kappa shape index (κ3) is 5.15. The van der Waals surface area contributed by atoms with Gasteiger partial charge in [0.25, 0.3) is 0 Å². The molecule has 1 rings (SSSR count). The summed E-state index contributed by atoms with van der Waals surface area (Å²) >= 11 is 0. The molecule has 0 saturated heterocycles. The second-order valence-corrected chi connectivity index (χ2v) is 5.13. The van der Waals surface area contributed by atoms with Gasteiger partial charge in [0.1, 0.15) is 0 Å². The lowest BCUT2D eigenvalue weighted by Gasteiger charge is -2.27. The van der Waals surface area contributed by atoms with Gasteiger partial charge in [0, 0.05) is 0 Å². The topological polar surface area (TPSA) is 42.8 Å². The van der Waals surface area contributed by atoms with Gasteiger partial charge in [-0.15, -0.1) is 0 Å². The van der Waals surface area contributed by atoms with Crippen LogP contribution in [-0.2, 0) is 0 Å². The average Bonchev–Trinajstić information content (AvgIpc) is 2.54. The molecule has 0 aromatic heterocycles. The molecule has 0 heterocycles. The summed E-state index contributed by atoms with van der Waals surface area (Å²) < 4.78 is 98.0. The van der Waals surface area contributed by atoms with Crippen molar-refractivity contribution in [2.24, 2.45) is 5.10 Å². The lowest BCUT2D eigenvalue weighted by Crippen LogP contribution is -2.58. The number of nitrogens with one attached hydrogen (secondary N) is 1. The van der Waals surface area contributed by atoms with Crippen molar-refractivity contribution in [3.63, 3.8) is 0 Å². The summed E-state index contributed by atoms with van der Waals surface area (Å²) in [7, 11) is 1.32. The van der Waals surface area contributed by atoms with Gasteiger partial charge in [0.05, 0.1) is 19.9 Å². The monoisotopic (exact) mass is 390 g/mol. The van der Waals surface area contributed by atoms with Crippen LogP contribution in [0.5, 0.6) is 11.5 Å². The molecule has 0 fully saturated rings. The molecule has 0 aliphatic carbocycles. The number of halogens is 7. The zero-order valence-corrected chi connectivity index (χ0v) is 13.8. The maximum Gasteiger partial charge on any atom is 0.462 e. The lowest BCUT2D eigenvalue weighted by molar-refractivity contribution is -0.361. The Morgan fingerprint density at radius 3 is 2.27 bits per heavy atom. The SMILES string of the molecule is CCCCOc1ccc(/C=N/NC(F)(F)C(F)(F)C(F)(F)F)cc1OC. The number of nitrogens with zero attached hydrogens (tertiary/aromatic N) is 1. The Bertz CT molecular complexity index is 619. The fourth-order valence-electron chi connectivity index (χ4n) is 1.65. The Kier molecular flexibility index (Phi) is 7.10. The number of hydrogen-bond donors (Lipinski definition) is 1. The van der Waals surface area contributed by atoms with Gasteiger partial charge >= 0.3 is 18.1 Å². The Hall–Kier alpha value is -2.20. The molecule has 0 spiro atoms. The number of ether oxygens (including phenoxy) is 2. The highest BCUT2D eigenvalue weighted by atomic mass is 19.4. The van der Waals surface area contributed by atoms with Crippen molar-refractivity contribution in [3.8, 4) is 11.5 Å². The third-order valence-corrected chi connectivity index (χ3v) is 3.11. The Labute approximate surface area is 145 Å². The van der Waals surface area contributed by atoms with Crippen molar-refractivity contribution >= 4 is 6.21 Å². The minimum Gasteiger partial charge on any atom is -0.493 e. The predicted octanol–water partition coefficient (Wildman–Crippen LogP) is 4.59. The summed E-state index contributed by atoms with van der Waals surface area (Å²) in [6, 6.07) is -1.55. The summed E-state index contributed by atoms with van der Waals surface area (Å²) in [5.74, 6) is -5.70. The molecule has 11 heteroatoms. The lowest BCUT2D eigenvalue weighted by atomic mass is 10.2. The smallest absolute Gasteiger partial charge is 0.462 e.